The second-order valence-electron chi connectivity index (χ2n) is 3.22. The van der Waals surface area contributed by atoms with Gasteiger partial charge in [0.1, 0.15) is 0 Å². The molecule has 0 radical (unpaired) electrons. The molecule has 8 heteroatoms. The Bertz CT molecular complexity index is 337. The summed E-state index contributed by atoms with van der Waals surface area (Å²) in [6.45, 7) is 1.58. The SMILES string of the molecule is CC(CS(C)=O)NS(=O)(=O)CCC(=O)O. The molecule has 0 aromatic carbocycles. The Morgan fingerprint density at radius 2 is 2.07 bits per heavy atom. The van der Waals surface area contributed by atoms with Gasteiger partial charge in [0.05, 0.1) is 12.2 Å². The van der Waals surface area contributed by atoms with Crippen LogP contribution in [0.15, 0.2) is 0 Å². The highest BCUT2D eigenvalue weighted by Crippen LogP contribution is 1.94. The normalized spacial score (nSPS) is 15.9. The first-order chi connectivity index (χ1) is 6.73. The van der Waals surface area contributed by atoms with E-state index < -0.39 is 45.0 Å². The summed E-state index contributed by atoms with van der Waals surface area (Å²) < 4.78 is 35.6. The number of carbonyl (C=O) groups is 1. The highest BCUT2D eigenvalue weighted by Gasteiger charge is 2.16. The molecule has 6 nitrogen and oxygen atoms in total. The number of hydrogen-bond acceptors (Lipinski definition) is 4. The highest BCUT2D eigenvalue weighted by molar-refractivity contribution is 7.89. The minimum absolute atomic E-state index is 0.215. The average molecular weight is 257 g/mol. The monoisotopic (exact) mass is 257 g/mol. The molecule has 0 aliphatic carbocycles. The van der Waals surface area contributed by atoms with Crippen LogP contribution in [0.25, 0.3) is 0 Å². The van der Waals surface area contributed by atoms with E-state index >= 15 is 0 Å². The molecule has 90 valence electrons. The predicted molar refractivity (Wildman–Crippen MR) is 57.6 cm³/mol. The lowest BCUT2D eigenvalue weighted by Gasteiger charge is -2.11. The zero-order valence-electron chi connectivity index (χ0n) is 8.60. The molecule has 0 saturated heterocycles. The molecule has 0 aromatic heterocycles. The molecular weight excluding hydrogens is 242 g/mol. The standard InChI is InChI=1S/C7H15NO5S2/c1-6(5-14(2)11)8-15(12,13)4-3-7(9)10/h6,8H,3-5H2,1-2H3,(H,9,10). The van der Waals surface area contributed by atoms with Crippen LogP contribution in [-0.4, -0.2) is 47.5 Å². The van der Waals surface area contributed by atoms with Gasteiger partial charge in [0, 0.05) is 28.9 Å². The molecule has 15 heavy (non-hydrogen) atoms. The topological polar surface area (TPSA) is 101 Å². The molecule has 0 bridgehead atoms. The molecule has 0 aliphatic heterocycles. The van der Waals surface area contributed by atoms with Gasteiger partial charge in [0.25, 0.3) is 0 Å². The van der Waals surface area contributed by atoms with Gasteiger partial charge < -0.3 is 5.11 Å². The summed E-state index contributed by atoms with van der Waals surface area (Å²) in [5.74, 6) is -1.40. The van der Waals surface area contributed by atoms with Crippen molar-refractivity contribution in [2.75, 3.05) is 17.8 Å². The van der Waals surface area contributed by atoms with Crippen LogP contribution in [0.3, 0.4) is 0 Å². The van der Waals surface area contributed by atoms with Gasteiger partial charge >= 0.3 is 5.97 Å². The maximum Gasteiger partial charge on any atom is 0.304 e. The third kappa shape index (κ3) is 8.52. The first kappa shape index (κ1) is 14.5. The number of carboxylic acids is 1. The van der Waals surface area contributed by atoms with Crippen molar-refractivity contribution in [1.29, 1.82) is 0 Å². The Balaban J connectivity index is 4.13. The molecule has 2 atom stereocenters. The maximum absolute atomic E-state index is 11.3. The summed E-state index contributed by atoms with van der Waals surface area (Å²) in [5, 5.41) is 8.32. The van der Waals surface area contributed by atoms with Gasteiger partial charge in [-0.15, -0.1) is 0 Å². The summed E-state index contributed by atoms with van der Waals surface area (Å²) in [7, 11) is -4.67. The van der Waals surface area contributed by atoms with E-state index in [9.17, 15) is 17.4 Å². The molecule has 0 aliphatic rings. The number of nitrogens with one attached hydrogen (secondary N) is 1. The van der Waals surface area contributed by atoms with Crippen LogP contribution in [-0.2, 0) is 25.6 Å². The van der Waals surface area contributed by atoms with E-state index in [-0.39, 0.29) is 5.75 Å². The van der Waals surface area contributed by atoms with Crippen molar-refractivity contribution in [2.45, 2.75) is 19.4 Å². The molecule has 0 fully saturated rings. The molecular formula is C7H15NO5S2. The van der Waals surface area contributed by atoms with E-state index in [2.05, 4.69) is 4.72 Å². The van der Waals surface area contributed by atoms with Crippen molar-refractivity contribution < 1.29 is 22.5 Å². The van der Waals surface area contributed by atoms with Crippen molar-refractivity contribution >= 4 is 26.8 Å². The van der Waals surface area contributed by atoms with Crippen molar-refractivity contribution in [3.8, 4) is 0 Å². The Hall–Kier alpha value is -0.470. The van der Waals surface area contributed by atoms with Crippen LogP contribution < -0.4 is 4.72 Å². The van der Waals surface area contributed by atoms with Gasteiger partial charge in [-0.2, -0.15) is 0 Å². The van der Waals surface area contributed by atoms with Crippen molar-refractivity contribution in [1.82, 2.24) is 4.72 Å². The molecule has 0 aromatic rings. The zero-order chi connectivity index (χ0) is 12.1. The second kappa shape index (κ2) is 6.19. The lowest BCUT2D eigenvalue weighted by atomic mass is 10.4. The predicted octanol–water partition coefficient (Wildman–Crippen LogP) is -0.852. The van der Waals surface area contributed by atoms with Crippen LogP contribution in [0.5, 0.6) is 0 Å². The number of carboxylic acid groups (broad SMARTS) is 1. The lowest BCUT2D eigenvalue weighted by Crippen LogP contribution is -2.38. The Labute approximate surface area is 91.6 Å². The smallest absolute Gasteiger partial charge is 0.304 e. The largest absolute Gasteiger partial charge is 0.481 e. The van der Waals surface area contributed by atoms with Gasteiger partial charge in [-0.3, -0.25) is 9.00 Å². The first-order valence-corrected chi connectivity index (χ1v) is 7.62. The third-order valence-electron chi connectivity index (χ3n) is 1.45. The van der Waals surface area contributed by atoms with Crippen LogP contribution in [0.4, 0.5) is 0 Å². The van der Waals surface area contributed by atoms with Gasteiger partial charge in [-0.25, -0.2) is 13.1 Å². The van der Waals surface area contributed by atoms with Gasteiger partial charge in [0.15, 0.2) is 0 Å². The number of aliphatic carboxylic acids is 1. The van der Waals surface area contributed by atoms with Crippen molar-refractivity contribution in [2.24, 2.45) is 0 Å². The van der Waals surface area contributed by atoms with Crippen LogP contribution in [0, 0.1) is 0 Å². The maximum atomic E-state index is 11.3. The fraction of sp³-hybridized carbons (Fsp3) is 0.857. The van der Waals surface area contributed by atoms with Crippen LogP contribution in [0.2, 0.25) is 0 Å². The summed E-state index contributed by atoms with van der Waals surface area (Å²) in [6, 6.07) is -0.449. The summed E-state index contributed by atoms with van der Waals surface area (Å²) in [5.41, 5.74) is 0. The van der Waals surface area contributed by atoms with E-state index in [1.807, 2.05) is 0 Å². The van der Waals surface area contributed by atoms with Gasteiger partial charge in [0.2, 0.25) is 10.0 Å². The number of sulfonamides is 1. The molecule has 2 N–H and O–H groups in total. The molecule has 0 saturated carbocycles. The van der Waals surface area contributed by atoms with E-state index in [1.165, 1.54) is 6.26 Å². The summed E-state index contributed by atoms with van der Waals surface area (Å²) >= 11 is 0. The highest BCUT2D eigenvalue weighted by atomic mass is 32.2. The fourth-order valence-electron chi connectivity index (χ4n) is 0.973. The van der Waals surface area contributed by atoms with E-state index in [0.717, 1.165) is 0 Å². The summed E-state index contributed by atoms with van der Waals surface area (Å²) in [4.78, 5) is 10.2. The Morgan fingerprint density at radius 3 is 2.47 bits per heavy atom. The van der Waals surface area contributed by atoms with Crippen LogP contribution in [0.1, 0.15) is 13.3 Å². The number of hydrogen-bond donors (Lipinski definition) is 2. The average Bonchev–Trinajstić information content (AvgIpc) is 1.98. The van der Waals surface area contributed by atoms with E-state index in [4.69, 9.17) is 5.11 Å². The van der Waals surface area contributed by atoms with Crippen molar-refractivity contribution in [3.05, 3.63) is 0 Å². The van der Waals surface area contributed by atoms with Gasteiger partial charge in [-0.1, -0.05) is 0 Å². The van der Waals surface area contributed by atoms with E-state index in [1.54, 1.807) is 6.92 Å². The quantitative estimate of drug-likeness (QED) is 0.618. The third-order valence-corrected chi connectivity index (χ3v) is 3.92. The fourth-order valence-corrected chi connectivity index (χ4v) is 3.12. The Morgan fingerprint density at radius 1 is 1.53 bits per heavy atom. The molecule has 0 rings (SSSR count). The first-order valence-electron chi connectivity index (χ1n) is 4.25. The van der Waals surface area contributed by atoms with Crippen LogP contribution >= 0.6 is 0 Å². The van der Waals surface area contributed by atoms with Gasteiger partial charge in [-0.05, 0) is 6.92 Å². The minimum atomic E-state index is -3.59. The zero-order valence-corrected chi connectivity index (χ0v) is 10.2. The summed E-state index contributed by atoms with van der Waals surface area (Å²) in [6.07, 6.45) is 1.04. The lowest BCUT2D eigenvalue weighted by molar-refractivity contribution is -0.136. The molecule has 0 amide bonds. The van der Waals surface area contributed by atoms with E-state index in [0.29, 0.717) is 0 Å². The minimum Gasteiger partial charge on any atom is -0.481 e. The van der Waals surface area contributed by atoms with Crippen molar-refractivity contribution in [3.63, 3.8) is 0 Å². The molecule has 2 unspecified atom stereocenters. The Kier molecular flexibility index (Phi) is 5.99. The molecule has 0 spiro atoms. The second-order valence-corrected chi connectivity index (χ2v) is 6.57. The number of rotatable bonds is 7. The molecule has 0 heterocycles.